The molecular weight excluding hydrogens is 269 g/mol. The molecule has 1 N–H and O–H groups in total. The van der Waals surface area contributed by atoms with E-state index in [-0.39, 0.29) is 5.82 Å². The number of rotatable bonds is 5. The van der Waals surface area contributed by atoms with Crippen LogP contribution in [0.2, 0.25) is 0 Å². The van der Waals surface area contributed by atoms with Gasteiger partial charge in [-0.1, -0.05) is 26.5 Å². The van der Waals surface area contributed by atoms with Crippen molar-refractivity contribution in [2.75, 3.05) is 0 Å². The molecule has 2 aromatic rings. The number of nitrogens with one attached hydrogen (secondary N) is 1. The molecule has 0 amide bonds. The highest BCUT2D eigenvalue weighted by Gasteiger charge is 2.10. The van der Waals surface area contributed by atoms with Crippen LogP contribution in [-0.2, 0) is 6.54 Å². The molecule has 0 aliphatic carbocycles. The fraction of sp³-hybridized carbons (Fsp3) is 0.294. The number of hydrogen-bond donors (Lipinski definition) is 1. The Balaban J connectivity index is 2.36. The Labute approximate surface area is 124 Å². The van der Waals surface area contributed by atoms with Crippen molar-refractivity contribution in [3.8, 4) is 10.4 Å². The largest absolute Gasteiger partial charge is 0.385 e. The number of hydrogen-bond acceptors (Lipinski definition) is 2. The first-order valence-corrected chi connectivity index (χ1v) is 7.57. The first-order valence-electron chi connectivity index (χ1n) is 6.75. The average Bonchev–Trinajstić information content (AvgIpc) is 2.86. The summed E-state index contributed by atoms with van der Waals surface area (Å²) < 4.78 is 13.5. The van der Waals surface area contributed by atoms with Crippen LogP contribution in [0.3, 0.4) is 0 Å². The van der Waals surface area contributed by atoms with E-state index in [1.807, 2.05) is 13.0 Å². The first-order chi connectivity index (χ1) is 9.47. The van der Waals surface area contributed by atoms with Gasteiger partial charge in [-0.25, -0.2) is 4.39 Å². The van der Waals surface area contributed by atoms with Gasteiger partial charge in [0.1, 0.15) is 5.82 Å². The van der Waals surface area contributed by atoms with Crippen molar-refractivity contribution in [2.24, 2.45) is 0 Å². The van der Waals surface area contributed by atoms with Gasteiger partial charge in [0.15, 0.2) is 0 Å². The van der Waals surface area contributed by atoms with Gasteiger partial charge in [-0.05, 0) is 48.2 Å². The standard InChI is InChI=1S/C17H20FNS/c1-11(2)16-7-8-17(20-16)15-6-5-14(18)9-13(15)10-19-12(3)4/h5-9,11,19H,3,10H2,1-2,4H3. The molecule has 0 aliphatic rings. The van der Waals surface area contributed by atoms with Crippen molar-refractivity contribution in [3.05, 3.63) is 58.9 Å². The Morgan fingerprint density at radius 1 is 1.30 bits per heavy atom. The smallest absolute Gasteiger partial charge is 0.123 e. The van der Waals surface area contributed by atoms with E-state index < -0.39 is 0 Å². The summed E-state index contributed by atoms with van der Waals surface area (Å²) in [5, 5.41) is 3.17. The van der Waals surface area contributed by atoms with Gasteiger partial charge < -0.3 is 5.32 Å². The van der Waals surface area contributed by atoms with Crippen molar-refractivity contribution < 1.29 is 4.39 Å². The Kier molecular flexibility index (Phi) is 4.61. The fourth-order valence-electron chi connectivity index (χ4n) is 2.00. The molecule has 3 heteroatoms. The van der Waals surface area contributed by atoms with Gasteiger partial charge in [0.05, 0.1) is 0 Å². The third-order valence-corrected chi connectivity index (χ3v) is 4.53. The lowest BCUT2D eigenvalue weighted by Gasteiger charge is -2.10. The van der Waals surface area contributed by atoms with Gasteiger partial charge in [-0.2, -0.15) is 0 Å². The molecule has 1 aromatic heterocycles. The van der Waals surface area contributed by atoms with Crippen LogP contribution < -0.4 is 5.32 Å². The van der Waals surface area contributed by atoms with Gasteiger partial charge in [-0.15, -0.1) is 11.3 Å². The summed E-state index contributed by atoms with van der Waals surface area (Å²) in [6.07, 6.45) is 0. The molecule has 1 aromatic carbocycles. The summed E-state index contributed by atoms with van der Waals surface area (Å²) in [7, 11) is 0. The summed E-state index contributed by atoms with van der Waals surface area (Å²) >= 11 is 1.78. The molecule has 0 aliphatic heterocycles. The van der Waals surface area contributed by atoms with E-state index in [1.54, 1.807) is 17.4 Å². The zero-order chi connectivity index (χ0) is 14.7. The summed E-state index contributed by atoms with van der Waals surface area (Å²) in [6, 6.07) is 9.26. The molecule has 0 unspecified atom stereocenters. The predicted octanol–water partition coefficient (Wildman–Crippen LogP) is 5.30. The third kappa shape index (κ3) is 3.48. The van der Waals surface area contributed by atoms with E-state index in [4.69, 9.17) is 0 Å². The molecular formula is C17H20FNS. The van der Waals surface area contributed by atoms with Crippen molar-refractivity contribution in [2.45, 2.75) is 33.2 Å². The summed E-state index contributed by atoms with van der Waals surface area (Å²) in [5.74, 6) is 0.319. The second-order valence-electron chi connectivity index (χ2n) is 5.29. The van der Waals surface area contributed by atoms with E-state index in [0.717, 1.165) is 16.8 Å². The quantitative estimate of drug-likeness (QED) is 0.787. The second-order valence-corrected chi connectivity index (χ2v) is 6.41. The molecule has 0 fully saturated rings. The highest BCUT2D eigenvalue weighted by molar-refractivity contribution is 7.15. The van der Waals surface area contributed by atoms with Crippen LogP contribution in [0, 0.1) is 5.82 Å². The molecule has 0 spiro atoms. The minimum atomic E-state index is -0.201. The van der Waals surface area contributed by atoms with Crippen LogP contribution in [0.15, 0.2) is 42.6 Å². The van der Waals surface area contributed by atoms with Crippen molar-refractivity contribution in [3.63, 3.8) is 0 Å². The SMILES string of the molecule is C=C(C)NCc1cc(F)ccc1-c1ccc(C(C)C)s1. The highest BCUT2D eigenvalue weighted by Crippen LogP contribution is 2.34. The normalized spacial score (nSPS) is 10.8. The third-order valence-electron chi connectivity index (χ3n) is 3.11. The molecule has 0 radical (unpaired) electrons. The van der Waals surface area contributed by atoms with E-state index in [2.05, 4.69) is 37.9 Å². The maximum Gasteiger partial charge on any atom is 0.123 e. The molecule has 0 saturated heterocycles. The van der Waals surface area contributed by atoms with Gasteiger partial charge in [0, 0.05) is 22.0 Å². The maximum atomic E-state index is 13.5. The van der Waals surface area contributed by atoms with E-state index in [0.29, 0.717) is 12.5 Å². The van der Waals surface area contributed by atoms with E-state index >= 15 is 0 Å². The number of halogens is 1. The molecule has 1 nitrogen and oxygen atoms in total. The zero-order valence-corrected chi connectivity index (χ0v) is 13.0. The summed E-state index contributed by atoms with van der Waals surface area (Å²) in [4.78, 5) is 2.54. The topological polar surface area (TPSA) is 12.0 Å². The van der Waals surface area contributed by atoms with Crippen LogP contribution >= 0.6 is 11.3 Å². The first kappa shape index (κ1) is 14.8. The molecule has 106 valence electrons. The van der Waals surface area contributed by atoms with Crippen LogP contribution in [0.5, 0.6) is 0 Å². The van der Waals surface area contributed by atoms with Gasteiger partial charge >= 0.3 is 0 Å². The summed E-state index contributed by atoms with van der Waals surface area (Å²) in [5.41, 5.74) is 2.94. The zero-order valence-electron chi connectivity index (χ0n) is 12.2. The van der Waals surface area contributed by atoms with Gasteiger partial charge in [-0.3, -0.25) is 0 Å². The number of allylic oxidation sites excluding steroid dienone is 1. The average molecular weight is 289 g/mol. The number of benzene rings is 1. The van der Waals surface area contributed by atoms with Gasteiger partial charge in [0.25, 0.3) is 0 Å². The Hall–Kier alpha value is -1.61. The Morgan fingerprint density at radius 2 is 2.05 bits per heavy atom. The van der Waals surface area contributed by atoms with Crippen LogP contribution in [-0.4, -0.2) is 0 Å². The van der Waals surface area contributed by atoms with E-state index in [1.165, 1.54) is 15.8 Å². The monoisotopic (exact) mass is 289 g/mol. The maximum absolute atomic E-state index is 13.5. The minimum Gasteiger partial charge on any atom is -0.385 e. The predicted molar refractivity (Wildman–Crippen MR) is 85.5 cm³/mol. The van der Waals surface area contributed by atoms with Gasteiger partial charge in [0.2, 0.25) is 0 Å². The van der Waals surface area contributed by atoms with E-state index in [9.17, 15) is 4.39 Å². The van der Waals surface area contributed by atoms with Crippen molar-refractivity contribution in [1.82, 2.24) is 5.32 Å². The minimum absolute atomic E-state index is 0.201. The lowest BCUT2D eigenvalue weighted by Crippen LogP contribution is -2.10. The fourth-order valence-corrected chi connectivity index (χ4v) is 3.07. The van der Waals surface area contributed by atoms with Crippen LogP contribution in [0.4, 0.5) is 4.39 Å². The summed E-state index contributed by atoms with van der Waals surface area (Å²) in [6.45, 7) is 10.7. The lowest BCUT2D eigenvalue weighted by molar-refractivity contribution is 0.624. The Bertz CT molecular complexity index is 613. The molecule has 0 atom stereocenters. The van der Waals surface area contributed by atoms with Crippen molar-refractivity contribution in [1.29, 1.82) is 0 Å². The Morgan fingerprint density at radius 3 is 2.65 bits per heavy atom. The molecule has 0 saturated carbocycles. The number of thiophene rings is 1. The van der Waals surface area contributed by atoms with Crippen LogP contribution in [0.1, 0.15) is 37.1 Å². The molecule has 2 rings (SSSR count). The van der Waals surface area contributed by atoms with Crippen molar-refractivity contribution >= 4 is 11.3 Å². The lowest BCUT2D eigenvalue weighted by atomic mass is 10.1. The molecule has 1 heterocycles. The molecule has 20 heavy (non-hydrogen) atoms. The molecule has 0 bridgehead atoms. The van der Waals surface area contributed by atoms with Crippen LogP contribution in [0.25, 0.3) is 10.4 Å². The highest BCUT2D eigenvalue weighted by atomic mass is 32.1. The second kappa shape index (κ2) is 6.23.